The van der Waals surface area contributed by atoms with Crippen molar-refractivity contribution in [2.75, 3.05) is 5.43 Å². The zero-order chi connectivity index (χ0) is 22.7. The van der Waals surface area contributed by atoms with Gasteiger partial charge < -0.3 is 4.57 Å². The van der Waals surface area contributed by atoms with Gasteiger partial charge in [-0.05, 0) is 36.1 Å². The summed E-state index contributed by atoms with van der Waals surface area (Å²) >= 11 is 3.41. The fourth-order valence-corrected chi connectivity index (χ4v) is 3.81. The first-order valence-corrected chi connectivity index (χ1v) is 11.0. The Kier molecular flexibility index (Phi) is 6.36. The van der Waals surface area contributed by atoms with Crippen molar-refractivity contribution in [3.63, 3.8) is 0 Å². The summed E-state index contributed by atoms with van der Waals surface area (Å²) in [6, 6.07) is 17.9. The Morgan fingerprint density at radius 3 is 2.47 bits per heavy atom. The molecule has 0 aliphatic rings. The number of benzene rings is 2. The summed E-state index contributed by atoms with van der Waals surface area (Å²) in [4.78, 5) is 29.8. The van der Waals surface area contributed by atoms with Crippen molar-refractivity contribution in [1.29, 1.82) is 0 Å². The largest absolute Gasteiger partial charge is 0.332 e. The maximum absolute atomic E-state index is 12.9. The number of aromatic nitrogens is 4. The predicted molar refractivity (Wildman–Crippen MR) is 130 cm³/mol. The standard InChI is InChI=1S/C23H23BrN6O2/c1-28-20-19(21(31)29(2)23(28)32)30(14-6-9-16-7-4-3-5-8-16)22(26-20)27-25-15-17-10-12-18(24)13-11-17/h3-5,7-8,10-13,15H,6,9,14H2,1-2H3,(H,26,27)/b25-15-. The number of hydrogen-bond acceptors (Lipinski definition) is 5. The van der Waals surface area contributed by atoms with Crippen molar-refractivity contribution in [2.45, 2.75) is 19.4 Å². The first-order chi connectivity index (χ1) is 15.5. The van der Waals surface area contributed by atoms with Gasteiger partial charge in [-0.3, -0.25) is 13.9 Å². The second-order valence-electron chi connectivity index (χ2n) is 7.48. The molecule has 0 radical (unpaired) electrons. The van der Waals surface area contributed by atoms with Crippen LogP contribution in [0.1, 0.15) is 17.5 Å². The van der Waals surface area contributed by atoms with Gasteiger partial charge in [0, 0.05) is 25.1 Å². The molecular weight excluding hydrogens is 472 g/mol. The molecule has 0 saturated carbocycles. The van der Waals surface area contributed by atoms with Gasteiger partial charge in [0.1, 0.15) is 0 Å². The van der Waals surface area contributed by atoms with Gasteiger partial charge in [-0.1, -0.05) is 58.4 Å². The molecule has 4 rings (SSSR count). The molecule has 0 unspecified atom stereocenters. The molecule has 0 saturated heterocycles. The second-order valence-corrected chi connectivity index (χ2v) is 8.39. The van der Waals surface area contributed by atoms with Crippen LogP contribution in [0.3, 0.4) is 0 Å². The summed E-state index contributed by atoms with van der Waals surface area (Å²) in [5.41, 5.74) is 5.01. The van der Waals surface area contributed by atoms with Crippen LogP contribution < -0.4 is 16.7 Å². The molecule has 8 nitrogen and oxygen atoms in total. The Hall–Kier alpha value is -3.46. The molecule has 4 aromatic rings. The number of hydrogen-bond donors (Lipinski definition) is 1. The lowest BCUT2D eigenvalue weighted by molar-refractivity contribution is 0.651. The van der Waals surface area contributed by atoms with E-state index >= 15 is 0 Å². The highest BCUT2D eigenvalue weighted by Crippen LogP contribution is 2.17. The minimum Gasteiger partial charge on any atom is -0.303 e. The van der Waals surface area contributed by atoms with Crippen molar-refractivity contribution in [3.05, 3.63) is 91.0 Å². The molecule has 0 aliphatic heterocycles. The molecule has 2 heterocycles. The molecule has 0 spiro atoms. The van der Waals surface area contributed by atoms with E-state index in [0.717, 1.165) is 27.4 Å². The van der Waals surface area contributed by atoms with Gasteiger partial charge in [0.2, 0.25) is 5.95 Å². The Labute approximate surface area is 193 Å². The van der Waals surface area contributed by atoms with Gasteiger partial charge in [0.25, 0.3) is 5.56 Å². The molecule has 1 N–H and O–H groups in total. The average Bonchev–Trinajstić information content (AvgIpc) is 3.17. The number of hydrazone groups is 1. The van der Waals surface area contributed by atoms with E-state index in [1.807, 2.05) is 42.5 Å². The highest BCUT2D eigenvalue weighted by Gasteiger charge is 2.18. The van der Waals surface area contributed by atoms with Crippen LogP contribution in [0.2, 0.25) is 0 Å². The number of aryl methyl sites for hydroxylation is 3. The van der Waals surface area contributed by atoms with E-state index < -0.39 is 5.69 Å². The van der Waals surface area contributed by atoms with Crippen molar-refractivity contribution >= 4 is 39.3 Å². The molecule has 9 heteroatoms. The zero-order valence-corrected chi connectivity index (χ0v) is 19.4. The summed E-state index contributed by atoms with van der Waals surface area (Å²) in [6.07, 6.45) is 3.33. The maximum atomic E-state index is 12.9. The van der Waals surface area contributed by atoms with Gasteiger partial charge in [-0.25, -0.2) is 10.2 Å². The molecule has 0 amide bonds. The predicted octanol–water partition coefficient (Wildman–Crippen LogP) is 3.28. The van der Waals surface area contributed by atoms with Crippen LogP contribution in [0.15, 0.2) is 73.8 Å². The molecule has 32 heavy (non-hydrogen) atoms. The molecule has 0 fully saturated rings. The van der Waals surface area contributed by atoms with Gasteiger partial charge in [0.05, 0.1) is 6.21 Å². The third-order valence-corrected chi connectivity index (χ3v) is 5.81. The minimum atomic E-state index is -0.415. The summed E-state index contributed by atoms with van der Waals surface area (Å²) in [5.74, 6) is 0.416. The maximum Gasteiger partial charge on any atom is 0.332 e. The lowest BCUT2D eigenvalue weighted by Gasteiger charge is -2.09. The minimum absolute atomic E-state index is 0.333. The third kappa shape index (κ3) is 4.43. The molecular formula is C23H23BrN6O2. The van der Waals surface area contributed by atoms with Gasteiger partial charge in [-0.2, -0.15) is 10.1 Å². The molecule has 0 atom stereocenters. The third-order valence-electron chi connectivity index (χ3n) is 5.29. The number of fused-ring (bicyclic) bond motifs is 1. The highest BCUT2D eigenvalue weighted by atomic mass is 79.9. The van der Waals surface area contributed by atoms with Crippen molar-refractivity contribution < 1.29 is 0 Å². The van der Waals surface area contributed by atoms with E-state index in [4.69, 9.17) is 0 Å². The molecule has 2 aromatic carbocycles. The Bertz CT molecular complexity index is 1380. The quantitative estimate of drug-likeness (QED) is 0.315. The first-order valence-electron chi connectivity index (χ1n) is 10.2. The number of nitrogens with zero attached hydrogens (tertiary/aromatic N) is 5. The van der Waals surface area contributed by atoms with Crippen LogP contribution in [0.4, 0.5) is 5.95 Å². The van der Waals surface area contributed by atoms with Crippen molar-refractivity contribution in [3.8, 4) is 0 Å². The van der Waals surface area contributed by atoms with Gasteiger partial charge in [0.15, 0.2) is 11.2 Å². The normalized spacial score (nSPS) is 11.5. The molecule has 0 aliphatic carbocycles. The topological polar surface area (TPSA) is 86.2 Å². The fraction of sp³-hybridized carbons (Fsp3) is 0.217. The van der Waals surface area contributed by atoms with Gasteiger partial charge in [-0.15, -0.1) is 0 Å². The number of anilines is 1. The fourth-order valence-electron chi connectivity index (χ4n) is 3.55. The number of imidazole rings is 1. The lowest BCUT2D eigenvalue weighted by Crippen LogP contribution is -2.37. The number of nitrogens with one attached hydrogen (secondary N) is 1. The van der Waals surface area contributed by atoms with Crippen molar-refractivity contribution in [2.24, 2.45) is 19.2 Å². The van der Waals surface area contributed by atoms with Gasteiger partial charge >= 0.3 is 5.69 Å². The molecule has 0 bridgehead atoms. The van der Waals surface area contributed by atoms with E-state index in [-0.39, 0.29) is 5.56 Å². The Morgan fingerprint density at radius 1 is 1.03 bits per heavy atom. The smallest absolute Gasteiger partial charge is 0.303 e. The summed E-state index contributed by atoms with van der Waals surface area (Å²) in [5, 5.41) is 4.30. The summed E-state index contributed by atoms with van der Waals surface area (Å²) in [6.45, 7) is 0.551. The second kappa shape index (κ2) is 9.35. The van der Waals surface area contributed by atoms with E-state index in [0.29, 0.717) is 23.7 Å². The number of halogens is 1. The Morgan fingerprint density at radius 2 is 1.75 bits per heavy atom. The van der Waals surface area contributed by atoms with Crippen LogP contribution in [0.5, 0.6) is 0 Å². The van der Waals surface area contributed by atoms with Crippen LogP contribution in [0.25, 0.3) is 11.2 Å². The lowest BCUT2D eigenvalue weighted by atomic mass is 10.1. The van der Waals surface area contributed by atoms with E-state index in [1.54, 1.807) is 17.8 Å². The van der Waals surface area contributed by atoms with Crippen molar-refractivity contribution in [1.82, 2.24) is 18.7 Å². The monoisotopic (exact) mass is 494 g/mol. The summed E-state index contributed by atoms with van der Waals surface area (Å²) in [7, 11) is 3.09. The van der Waals surface area contributed by atoms with Crippen LogP contribution in [-0.4, -0.2) is 24.9 Å². The summed E-state index contributed by atoms with van der Waals surface area (Å²) < 4.78 is 5.28. The van der Waals surface area contributed by atoms with Crippen LogP contribution >= 0.6 is 15.9 Å². The van der Waals surface area contributed by atoms with E-state index in [1.165, 1.54) is 17.2 Å². The first kappa shape index (κ1) is 21.8. The van der Waals surface area contributed by atoms with Crippen LogP contribution in [-0.2, 0) is 27.1 Å². The molecule has 2 aromatic heterocycles. The highest BCUT2D eigenvalue weighted by molar-refractivity contribution is 9.10. The average molecular weight is 495 g/mol. The van der Waals surface area contributed by atoms with E-state index in [2.05, 4.69) is 43.6 Å². The van der Waals surface area contributed by atoms with E-state index in [9.17, 15) is 9.59 Å². The Balaban J connectivity index is 1.68. The van der Waals surface area contributed by atoms with Crippen LogP contribution in [0, 0.1) is 0 Å². The SMILES string of the molecule is Cn1c(=O)c2c(nc(N/N=C\c3ccc(Br)cc3)n2CCCc2ccccc2)n(C)c1=O. The number of rotatable bonds is 7. The molecule has 164 valence electrons. The zero-order valence-electron chi connectivity index (χ0n) is 17.8.